The van der Waals surface area contributed by atoms with Crippen molar-refractivity contribution in [2.24, 2.45) is 0 Å². The molecular weight excluding hydrogens is 246 g/mol. The minimum absolute atomic E-state index is 0.840. The van der Waals surface area contributed by atoms with Crippen LogP contribution in [-0.4, -0.2) is 9.55 Å². The predicted octanol–water partition coefficient (Wildman–Crippen LogP) is 4.17. The molecule has 0 aliphatic carbocycles. The molecule has 0 saturated carbocycles. The lowest BCUT2D eigenvalue weighted by Crippen LogP contribution is -2.08. The van der Waals surface area contributed by atoms with Crippen molar-refractivity contribution in [1.29, 1.82) is 0 Å². The van der Waals surface area contributed by atoms with Crippen molar-refractivity contribution in [3.63, 3.8) is 0 Å². The first-order valence-corrected chi connectivity index (χ1v) is 7.59. The van der Waals surface area contributed by atoms with E-state index in [1.54, 1.807) is 0 Å². The quantitative estimate of drug-likeness (QED) is 0.819. The van der Waals surface area contributed by atoms with Crippen molar-refractivity contribution in [3.05, 3.63) is 47.3 Å². The molecule has 1 N–H and O–H groups in total. The Labute approximate surface area is 122 Å². The largest absolute Gasteiger partial charge is 0.352 e. The average molecular weight is 271 g/mol. The first-order chi connectivity index (χ1) is 9.74. The molecule has 0 fully saturated rings. The molecule has 0 saturated heterocycles. The van der Waals surface area contributed by atoms with Crippen LogP contribution in [0.5, 0.6) is 0 Å². The van der Waals surface area contributed by atoms with Crippen molar-refractivity contribution in [3.8, 4) is 0 Å². The second-order valence-corrected chi connectivity index (χ2v) is 5.23. The second kappa shape index (κ2) is 7.13. The van der Waals surface area contributed by atoms with E-state index in [0.29, 0.717) is 0 Å². The Morgan fingerprint density at radius 3 is 2.60 bits per heavy atom. The standard InChI is InChI=1S/C17H25N3/c1-4-6-11-20-13-14(3)19-17(20)18-12-16-10-8-7-9-15(16)5-2/h7-10,13H,4-6,11-12H2,1-3H3,(H,18,19). The number of hydrogen-bond donors (Lipinski definition) is 1. The van der Waals surface area contributed by atoms with E-state index in [2.05, 4.69) is 59.2 Å². The second-order valence-electron chi connectivity index (χ2n) is 5.23. The van der Waals surface area contributed by atoms with Gasteiger partial charge in [-0.1, -0.05) is 44.5 Å². The molecular formula is C17H25N3. The molecule has 3 nitrogen and oxygen atoms in total. The maximum Gasteiger partial charge on any atom is 0.203 e. The lowest BCUT2D eigenvalue weighted by Gasteiger charge is -2.11. The van der Waals surface area contributed by atoms with Crippen LogP contribution >= 0.6 is 0 Å². The van der Waals surface area contributed by atoms with Crippen molar-refractivity contribution in [2.75, 3.05) is 5.32 Å². The van der Waals surface area contributed by atoms with E-state index in [-0.39, 0.29) is 0 Å². The summed E-state index contributed by atoms with van der Waals surface area (Å²) in [4.78, 5) is 4.59. The Morgan fingerprint density at radius 2 is 1.90 bits per heavy atom. The van der Waals surface area contributed by atoms with E-state index in [1.807, 2.05) is 6.92 Å². The van der Waals surface area contributed by atoms with E-state index in [9.17, 15) is 0 Å². The van der Waals surface area contributed by atoms with E-state index in [1.165, 1.54) is 24.0 Å². The molecule has 2 aromatic rings. The Bertz CT molecular complexity index is 543. The highest BCUT2D eigenvalue weighted by Gasteiger charge is 2.06. The van der Waals surface area contributed by atoms with Crippen LogP contribution in [0.25, 0.3) is 0 Å². The highest BCUT2D eigenvalue weighted by Crippen LogP contribution is 2.14. The van der Waals surface area contributed by atoms with Gasteiger partial charge in [0.15, 0.2) is 0 Å². The summed E-state index contributed by atoms with van der Waals surface area (Å²) in [7, 11) is 0. The topological polar surface area (TPSA) is 29.9 Å². The summed E-state index contributed by atoms with van der Waals surface area (Å²) in [5, 5.41) is 3.49. The Kier molecular flexibility index (Phi) is 5.22. The molecule has 2 rings (SSSR count). The number of hydrogen-bond acceptors (Lipinski definition) is 2. The van der Waals surface area contributed by atoms with Crippen LogP contribution in [0.1, 0.15) is 43.5 Å². The van der Waals surface area contributed by atoms with Gasteiger partial charge in [-0.25, -0.2) is 4.98 Å². The molecule has 0 radical (unpaired) electrons. The number of benzene rings is 1. The minimum Gasteiger partial charge on any atom is -0.352 e. The monoisotopic (exact) mass is 271 g/mol. The highest BCUT2D eigenvalue weighted by atomic mass is 15.2. The molecule has 0 spiro atoms. The van der Waals surface area contributed by atoms with E-state index in [4.69, 9.17) is 0 Å². The molecule has 0 amide bonds. The number of unbranched alkanes of at least 4 members (excludes halogenated alkanes) is 1. The summed E-state index contributed by atoms with van der Waals surface area (Å²) in [5.74, 6) is 0.988. The van der Waals surface area contributed by atoms with Gasteiger partial charge >= 0.3 is 0 Å². The summed E-state index contributed by atoms with van der Waals surface area (Å²) in [6.07, 6.45) is 5.59. The predicted molar refractivity (Wildman–Crippen MR) is 85.0 cm³/mol. The fourth-order valence-electron chi connectivity index (χ4n) is 2.44. The van der Waals surface area contributed by atoms with Gasteiger partial charge in [-0.2, -0.15) is 0 Å². The van der Waals surface area contributed by atoms with Crippen molar-refractivity contribution >= 4 is 5.95 Å². The Balaban J connectivity index is 2.06. The maximum absolute atomic E-state index is 4.59. The summed E-state index contributed by atoms with van der Waals surface area (Å²) < 4.78 is 2.23. The molecule has 3 heteroatoms. The van der Waals surface area contributed by atoms with Crippen LogP contribution in [-0.2, 0) is 19.5 Å². The van der Waals surface area contributed by atoms with Crippen molar-refractivity contribution in [2.45, 2.75) is 53.1 Å². The van der Waals surface area contributed by atoms with Crippen LogP contribution in [0.2, 0.25) is 0 Å². The maximum atomic E-state index is 4.59. The zero-order valence-electron chi connectivity index (χ0n) is 12.8. The van der Waals surface area contributed by atoms with E-state index in [0.717, 1.165) is 31.2 Å². The smallest absolute Gasteiger partial charge is 0.203 e. The molecule has 20 heavy (non-hydrogen) atoms. The minimum atomic E-state index is 0.840. The summed E-state index contributed by atoms with van der Waals surface area (Å²) in [6.45, 7) is 8.34. The number of imidazole rings is 1. The molecule has 0 aliphatic heterocycles. The third-order valence-corrected chi connectivity index (χ3v) is 3.59. The number of nitrogens with zero attached hydrogens (tertiary/aromatic N) is 2. The van der Waals surface area contributed by atoms with Gasteiger partial charge in [0.1, 0.15) is 0 Å². The molecule has 1 aromatic carbocycles. The molecule has 0 atom stereocenters. The number of aryl methyl sites for hydroxylation is 3. The molecule has 1 aromatic heterocycles. The summed E-state index contributed by atoms with van der Waals surface area (Å²) in [5.41, 5.74) is 3.84. The van der Waals surface area contributed by atoms with Gasteiger partial charge in [-0.15, -0.1) is 0 Å². The Morgan fingerprint density at radius 1 is 1.15 bits per heavy atom. The van der Waals surface area contributed by atoms with Gasteiger partial charge in [0.05, 0.1) is 5.69 Å². The van der Waals surface area contributed by atoms with Gasteiger partial charge in [-0.3, -0.25) is 0 Å². The van der Waals surface area contributed by atoms with Crippen LogP contribution < -0.4 is 5.32 Å². The number of rotatable bonds is 7. The van der Waals surface area contributed by atoms with Crippen molar-refractivity contribution < 1.29 is 0 Å². The van der Waals surface area contributed by atoms with E-state index >= 15 is 0 Å². The van der Waals surface area contributed by atoms with Gasteiger partial charge in [-0.05, 0) is 30.9 Å². The lowest BCUT2D eigenvalue weighted by molar-refractivity contribution is 0.634. The van der Waals surface area contributed by atoms with Crippen LogP contribution in [0, 0.1) is 6.92 Å². The van der Waals surface area contributed by atoms with Crippen molar-refractivity contribution in [1.82, 2.24) is 9.55 Å². The Hall–Kier alpha value is -1.77. The zero-order chi connectivity index (χ0) is 14.4. The molecule has 0 bridgehead atoms. The summed E-state index contributed by atoms with van der Waals surface area (Å²) >= 11 is 0. The van der Waals surface area contributed by atoms with Gasteiger partial charge in [0.2, 0.25) is 5.95 Å². The van der Waals surface area contributed by atoms with Crippen LogP contribution in [0.3, 0.4) is 0 Å². The van der Waals surface area contributed by atoms with E-state index < -0.39 is 0 Å². The van der Waals surface area contributed by atoms with Gasteiger partial charge < -0.3 is 9.88 Å². The third kappa shape index (κ3) is 3.62. The zero-order valence-corrected chi connectivity index (χ0v) is 12.8. The number of anilines is 1. The molecule has 108 valence electrons. The van der Waals surface area contributed by atoms with Crippen LogP contribution in [0.15, 0.2) is 30.5 Å². The highest BCUT2D eigenvalue weighted by molar-refractivity contribution is 5.34. The fraction of sp³-hybridized carbons (Fsp3) is 0.471. The van der Waals surface area contributed by atoms with Crippen LogP contribution in [0.4, 0.5) is 5.95 Å². The number of nitrogens with one attached hydrogen (secondary N) is 1. The SMILES string of the molecule is CCCCn1cc(C)nc1NCc1ccccc1CC. The van der Waals surface area contributed by atoms with Gasteiger partial charge in [0, 0.05) is 19.3 Å². The average Bonchev–Trinajstić information content (AvgIpc) is 2.83. The lowest BCUT2D eigenvalue weighted by atomic mass is 10.1. The number of aromatic nitrogens is 2. The molecule has 1 heterocycles. The molecule has 0 aliphatic rings. The first-order valence-electron chi connectivity index (χ1n) is 7.59. The normalized spacial score (nSPS) is 10.8. The first kappa shape index (κ1) is 14.6. The van der Waals surface area contributed by atoms with Gasteiger partial charge in [0.25, 0.3) is 0 Å². The summed E-state index contributed by atoms with van der Waals surface area (Å²) in [6, 6.07) is 8.60. The molecule has 0 unspecified atom stereocenters. The third-order valence-electron chi connectivity index (χ3n) is 3.59. The fourth-order valence-corrected chi connectivity index (χ4v) is 2.44.